The van der Waals surface area contributed by atoms with Crippen molar-refractivity contribution in [1.82, 2.24) is 19.4 Å². The third-order valence-corrected chi connectivity index (χ3v) is 4.09. The minimum Gasteiger partial charge on any atom is -0.357 e. The largest absolute Gasteiger partial charge is 0.357 e. The summed E-state index contributed by atoms with van der Waals surface area (Å²) in [5, 5.41) is 2.66. The second kappa shape index (κ2) is 6.23. The number of aromatic nitrogens is 2. The quantitative estimate of drug-likeness (QED) is 0.514. The van der Waals surface area contributed by atoms with Crippen molar-refractivity contribution in [2.24, 2.45) is 0 Å². The zero-order chi connectivity index (χ0) is 14.5. The van der Waals surface area contributed by atoms with Crippen LogP contribution >= 0.6 is 0 Å². The predicted molar refractivity (Wildman–Crippen MR) is 69.6 cm³/mol. The molecule has 1 heterocycles. The van der Waals surface area contributed by atoms with E-state index >= 15 is 0 Å². The maximum Gasteiger partial charge on any atom is 0.243 e. The molecule has 3 N–H and O–H groups in total. The van der Waals surface area contributed by atoms with Crippen LogP contribution in [0.3, 0.4) is 0 Å². The molecule has 11 heteroatoms. The fraction of sp³-hybridized carbons (Fsp3) is 0.500. The van der Waals surface area contributed by atoms with Gasteiger partial charge in [-0.1, -0.05) is 0 Å². The highest BCUT2D eigenvalue weighted by atomic mass is 32.2. The summed E-state index contributed by atoms with van der Waals surface area (Å²) in [4.78, 5) is 7.46. The number of anilines is 1. The zero-order valence-corrected chi connectivity index (χ0v) is 12.0. The molecule has 0 spiro atoms. The highest BCUT2D eigenvalue weighted by molar-refractivity contribution is 7.89. The van der Waals surface area contributed by atoms with Crippen molar-refractivity contribution in [1.29, 1.82) is 0 Å². The van der Waals surface area contributed by atoms with Gasteiger partial charge in [0.1, 0.15) is 4.90 Å². The first-order chi connectivity index (χ1) is 8.74. The lowest BCUT2D eigenvalue weighted by Gasteiger charge is -2.07. The van der Waals surface area contributed by atoms with E-state index in [0.717, 1.165) is 18.6 Å². The van der Waals surface area contributed by atoms with Crippen molar-refractivity contribution in [2.45, 2.75) is 4.90 Å². The molecule has 0 fully saturated rings. The molecule has 0 bridgehead atoms. The van der Waals surface area contributed by atoms with Crippen LogP contribution in [-0.4, -0.2) is 53.2 Å². The smallest absolute Gasteiger partial charge is 0.243 e. The van der Waals surface area contributed by atoms with Crippen LogP contribution in [0.5, 0.6) is 0 Å². The maximum absolute atomic E-state index is 11.8. The number of nitrogens with zero attached hydrogens (tertiary/aromatic N) is 2. The zero-order valence-electron chi connectivity index (χ0n) is 10.4. The molecule has 0 atom stereocenters. The van der Waals surface area contributed by atoms with Crippen LogP contribution in [0.4, 0.5) is 5.95 Å². The predicted octanol–water partition coefficient (Wildman–Crippen LogP) is -1.65. The van der Waals surface area contributed by atoms with Crippen LogP contribution in [0, 0.1) is 0 Å². The fourth-order valence-electron chi connectivity index (χ4n) is 1.09. The van der Waals surface area contributed by atoms with Crippen LogP contribution in [-0.2, 0) is 20.0 Å². The SMILES string of the molecule is CNc1ncc(S(=O)(=O)NCCNS(C)(=O)=O)cn1. The van der Waals surface area contributed by atoms with Crippen LogP contribution in [0.2, 0.25) is 0 Å². The third-order valence-electron chi connectivity index (χ3n) is 1.94. The van der Waals surface area contributed by atoms with Gasteiger partial charge in [0, 0.05) is 20.1 Å². The molecule has 0 saturated carbocycles. The first-order valence-corrected chi connectivity index (χ1v) is 8.56. The Labute approximate surface area is 112 Å². The molecule has 0 unspecified atom stereocenters. The lowest BCUT2D eigenvalue weighted by molar-refractivity contribution is 0.572. The van der Waals surface area contributed by atoms with Gasteiger partial charge in [0.2, 0.25) is 26.0 Å². The van der Waals surface area contributed by atoms with Gasteiger partial charge in [-0.05, 0) is 0 Å². The van der Waals surface area contributed by atoms with Gasteiger partial charge in [-0.2, -0.15) is 0 Å². The molecule has 9 nitrogen and oxygen atoms in total. The van der Waals surface area contributed by atoms with Crippen molar-refractivity contribution in [3.63, 3.8) is 0 Å². The van der Waals surface area contributed by atoms with Crippen LogP contribution in [0.1, 0.15) is 0 Å². The van der Waals surface area contributed by atoms with E-state index in [1.54, 1.807) is 7.05 Å². The summed E-state index contributed by atoms with van der Waals surface area (Å²) in [6.45, 7) is -0.100. The summed E-state index contributed by atoms with van der Waals surface area (Å²) in [6.07, 6.45) is 3.31. The van der Waals surface area contributed by atoms with Gasteiger partial charge >= 0.3 is 0 Å². The van der Waals surface area contributed by atoms with Crippen molar-refractivity contribution in [3.05, 3.63) is 12.4 Å². The Morgan fingerprint density at radius 1 is 1.05 bits per heavy atom. The molecule has 0 radical (unpaired) electrons. The standard InChI is InChI=1S/C8H15N5O4S2/c1-9-8-10-5-7(6-11-8)19(16,17)13-4-3-12-18(2,14)15/h5-6,12-13H,3-4H2,1-2H3,(H,9,10,11). The van der Waals surface area contributed by atoms with Gasteiger partial charge < -0.3 is 5.32 Å². The molecule has 108 valence electrons. The van der Waals surface area contributed by atoms with E-state index in [-0.39, 0.29) is 18.0 Å². The topological polar surface area (TPSA) is 130 Å². The second-order valence-corrected chi connectivity index (χ2v) is 7.16. The van der Waals surface area contributed by atoms with Crippen LogP contribution in [0.15, 0.2) is 17.3 Å². The first-order valence-electron chi connectivity index (χ1n) is 5.19. The van der Waals surface area contributed by atoms with Gasteiger partial charge in [0.25, 0.3) is 0 Å². The lowest BCUT2D eigenvalue weighted by Crippen LogP contribution is -2.34. The molecule has 0 aliphatic carbocycles. The van der Waals surface area contributed by atoms with E-state index in [9.17, 15) is 16.8 Å². The van der Waals surface area contributed by atoms with Crippen molar-refractivity contribution in [3.8, 4) is 0 Å². The number of hydrogen-bond donors (Lipinski definition) is 3. The van der Waals surface area contributed by atoms with E-state index in [0.29, 0.717) is 5.95 Å². The minimum absolute atomic E-state index is 0.0342. The van der Waals surface area contributed by atoms with Gasteiger partial charge in [0.15, 0.2) is 0 Å². The molecule has 1 rings (SSSR count). The first kappa shape index (κ1) is 15.8. The van der Waals surface area contributed by atoms with E-state index in [4.69, 9.17) is 0 Å². The summed E-state index contributed by atoms with van der Waals surface area (Å²) in [5.74, 6) is 0.303. The van der Waals surface area contributed by atoms with Crippen molar-refractivity contribution >= 4 is 26.0 Å². The highest BCUT2D eigenvalue weighted by Gasteiger charge is 2.14. The normalized spacial score (nSPS) is 12.3. The average Bonchev–Trinajstić information content (AvgIpc) is 2.34. The molecule has 0 amide bonds. The number of sulfonamides is 2. The van der Waals surface area contributed by atoms with Crippen LogP contribution < -0.4 is 14.8 Å². The molecular formula is C8H15N5O4S2. The van der Waals surface area contributed by atoms with Gasteiger partial charge in [-0.3, -0.25) is 0 Å². The second-order valence-electron chi connectivity index (χ2n) is 3.56. The van der Waals surface area contributed by atoms with Crippen LogP contribution in [0.25, 0.3) is 0 Å². The van der Waals surface area contributed by atoms with E-state index in [1.807, 2.05) is 0 Å². The molecular weight excluding hydrogens is 294 g/mol. The van der Waals surface area contributed by atoms with Gasteiger partial charge in [-0.25, -0.2) is 36.2 Å². The molecule has 1 aromatic heterocycles. The highest BCUT2D eigenvalue weighted by Crippen LogP contribution is 2.06. The summed E-state index contributed by atoms with van der Waals surface area (Å²) in [5.41, 5.74) is 0. The molecule has 19 heavy (non-hydrogen) atoms. The van der Waals surface area contributed by atoms with Gasteiger partial charge in [-0.15, -0.1) is 0 Å². The molecule has 0 aromatic carbocycles. The van der Waals surface area contributed by atoms with Crippen molar-refractivity contribution < 1.29 is 16.8 Å². The number of hydrogen-bond acceptors (Lipinski definition) is 7. The summed E-state index contributed by atoms with van der Waals surface area (Å²) in [7, 11) is -5.46. The Morgan fingerprint density at radius 2 is 1.58 bits per heavy atom. The fourth-order valence-corrected chi connectivity index (χ4v) is 2.48. The molecule has 0 aliphatic heterocycles. The third kappa shape index (κ3) is 5.46. The van der Waals surface area contributed by atoms with Gasteiger partial charge in [0.05, 0.1) is 18.6 Å². The van der Waals surface area contributed by atoms with E-state index < -0.39 is 20.0 Å². The van der Waals surface area contributed by atoms with E-state index in [1.165, 1.54) is 0 Å². The minimum atomic E-state index is -3.74. The van der Waals surface area contributed by atoms with E-state index in [2.05, 4.69) is 24.7 Å². The summed E-state index contributed by atoms with van der Waals surface area (Å²) >= 11 is 0. The number of nitrogens with one attached hydrogen (secondary N) is 3. The Bertz CT molecular complexity index is 611. The Morgan fingerprint density at radius 3 is 2.05 bits per heavy atom. The Balaban J connectivity index is 2.60. The Hall–Kier alpha value is -1.30. The molecule has 0 aliphatic rings. The Kier molecular flexibility index (Phi) is 5.17. The lowest BCUT2D eigenvalue weighted by atomic mass is 10.7. The molecule has 1 aromatic rings. The summed E-state index contributed by atoms with van der Waals surface area (Å²) < 4.78 is 49.5. The number of rotatable bonds is 7. The maximum atomic E-state index is 11.8. The van der Waals surface area contributed by atoms with Crippen molar-refractivity contribution in [2.75, 3.05) is 31.7 Å². The summed E-state index contributed by atoms with van der Waals surface area (Å²) in [6, 6.07) is 0. The molecule has 0 saturated heterocycles. The average molecular weight is 309 g/mol. The monoisotopic (exact) mass is 309 g/mol.